The number of fused-ring (bicyclic) bond motifs is 1. The van der Waals surface area contributed by atoms with E-state index in [0.29, 0.717) is 11.6 Å². The van der Waals surface area contributed by atoms with Crippen molar-refractivity contribution in [2.24, 2.45) is 0 Å². The number of hydrogen-bond donors (Lipinski definition) is 1. The molecule has 90 valence electrons. The lowest BCUT2D eigenvalue weighted by molar-refractivity contribution is 0.0972. The van der Waals surface area contributed by atoms with Crippen molar-refractivity contribution in [2.45, 2.75) is 25.5 Å². The minimum absolute atomic E-state index is 0.122. The highest BCUT2D eigenvalue weighted by molar-refractivity contribution is 6.34. The lowest BCUT2D eigenvalue weighted by atomic mass is 10.2. The summed E-state index contributed by atoms with van der Waals surface area (Å²) in [6.07, 6.45) is 2.20. The van der Waals surface area contributed by atoms with Crippen molar-refractivity contribution in [1.29, 1.82) is 0 Å². The maximum atomic E-state index is 11.9. The summed E-state index contributed by atoms with van der Waals surface area (Å²) in [6, 6.07) is 5.48. The van der Waals surface area contributed by atoms with E-state index in [9.17, 15) is 4.79 Å². The minimum Gasteiger partial charge on any atom is -0.376 e. The van der Waals surface area contributed by atoms with Crippen molar-refractivity contribution in [3.63, 3.8) is 0 Å². The number of nitrogens with zero attached hydrogens (tertiary/aromatic N) is 1. The SMILES string of the molecule is O=c1[nH]c2cccc(Cl)c2n1CC1CCCO1. The molecule has 0 amide bonds. The monoisotopic (exact) mass is 252 g/mol. The van der Waals surface area contributed by atoms with Gasteiger partial charge >= 0.3 is 5.69 Å². The van der Waals surface area contributed by atoms with Crippen LogP contribution in [0.1, 0.15) is 12.8 Å². The first-order valence-electron chi connectivity index (χ1n) is 5.74. The third kappa shape index (κ3) is 1.87. The Bertz CT molecular complexity index is 596. The summed E-state index contributed by atoms with van der Waals surface area (Å²) in [5.41, 5.74) is 1.43. The molecule has 1 unspecified atom stereocenters. The molecular weight excluding hydrogens is 240 g/mol. The molecule has 1 aliphatic rings. The molecule has 1 N–H and O–H groups in total. The highest BCUT2D eigenvalue weighted by Crippen LogP contribution is 2.22. The van der Waals surface area contributed by atoms with Crippen LogP contribution in [0.5, 0.6) is 0 Å². The second-order valence-corrected chi connectivity index (χ2v) is 4.72. The zero-order valence-corrected chi connectivity index (χ0v) is 10.0. The van der Waals surface area contributed by atoms with Gasteiger partial charge in [-0.25, -0.2) is 4.79 Å². The Balaban J connectivity index is 2.08. The molecule has 2 heterocycles. The van der Waals surface area contributed by atoms with Gasteiger partial charge in [0.05, 0.1) is 28.7 Å². The van der Waals surface area contributed by atoms with Gasteiger partial charge in [0.25, 0.3) is 0 Å². The van der Waals surface area contributed by atoms with E-state index in [0.717, 1.165) is 30.5 Å². The first kappa shape index (κ1) is 10.9. The molecule has 0 bridgehead atoms. The fourth-order valence-electron chi connectivity index (χ4n) is 2.34. The standard InChI is InChI=1S/C12H13ClN2O2/c13-9-4-1-5-10-11(9)15(12(16)14-10)7-8-3-2-6-17-8/h1,4-5,8H,2-3,6-7H2,(H,14,16). The average molecular weight is 253 g/mol. The van der Waals surface area contributed by atoms with Crippen molar-refractivity contribution >= 4 is 22.6 Å². The van der Waals surface area contributed by atoms with Crippen LogP contribution in [0.2, 0.25) is 5.02 Å². The number of aromatic nitrogens is 2. The smallest absolute Gasteiger partial charge is 0.326 e. The predicted molar refractivity (Wildman–Crippen MR) is 66.5 cm³/mol. The fourth-order valence-corrected chi connectivity index (χ4v) is 2.62. The molecule has 17 heavy (non-hydrogen) atoms. The molecule has 1 aliphatic heterocycles. The van der Waals surface area contributed by atoms with Gasteiger partial charge in [0.1, 0.15) is 0 Å². The van der Waals surface area contributed by atoms with E-state index >= 15 is 0 Å². The number of ether oxygens (including phenoxy) is 1. The minimum atomic E-state index is -0.122. The molecule has 4 nitrogen and oxygen atoms in total. The Labute approximate surface area is 103 Å². The van der Waals surface area contributed by atoms with Crippen LogP contribution in [0, 0.1) is 0 Å². The summed E-state index contributed by atoms with van der Waals surface area (Å²) in [4.78, 5) is 14.7. The second kappa shape index (κ2) is 4.20. The first-order valence-corrected chi connectivity index (χ1v) is 6.12. The predicted octanol–water partition coefficient (Wildman–Crippen LogP) is 2.16. The van der Waals surface area contributed by atoms with Crippen molar-refractivity contribution < 1.29 is 4.74 Å². The van der Waals surface area contributed by atoms with Crippen LogP contribution in [-0.2, 0) is 11.3 Å². The van der Waals surface area contributed by atoms with Gasteiger partial charge in [0, 0.05) is 6.61 Å². The second-order valence-electron chi connectivity index (χ2n) is 4.31. The number of hydrogen-bond acceptors (Lipinski definition) is 2. The summed E-state index contributed by atoms with van der Waals surface area (Å²) in [5.74, 6) is 0. The van der Waals surface area contributed by atoms with Crippen LogP contribution in [0.15, 0.2) is 23.0 Å². The largest absolute Gasteiger partial charge is 0.376 e. The van der Waals surface area contributed by atoms with Crippen LogP contribution < -0.4 is 5.69 Å². The van der Waals surface area contributed by atoms with Crippen LogP contribution in [0.25, 0.3) is 11.0 Å². The van der Waals surface area contributed by atoms with Crippen LogP contribution in [-0.4, -0.2) is 22.3 Å². The number of imidazole rings is 1. The van der Waals surface area contributed by atoms with Crippen molar-refractivity contribution in [3.8, 4) is 0 Å². The van der Waals surface area contributed by atoms with Crippen molar-refractivity contribution in [1.82, 2.24) is 9.55 Å². The highest BCUT2D eigenvalue weighted by Gasteiger charge is 2.19. The van der Waals surface area contributed by atoms with E-state index in [1.165, 1.54) is 0 Å². The molecule has 1 saturated heterocycles. The first-order chi connectivity index (χ1) is 8.25. The van der Waals surface area contributed by atoms with Gasteiger partial charge in [0.15, 0.2) is 0 Å². The third-order valence-corrected chi connectivity index (χ3v) is 3.46. The molecule has 1 aromatic heterocycles. The third-order valence-electron chi connectivity index (χ3n) is 3.15. The quantitative estimate of drug-likeness (QED) is 0.890. The number of nitrogens with one attached hydrogen (secondary N) is 1. The molecule has 0 saturated carbocycles. The van der Waals surface area contributed by atoms with Gasteiger partial charge in [-0.1, -0.05) is 17.7 Å². The summed E-state index contributed by atoms with van der Waals surface area (Å²) >= 11 is 6.14. The molecule has 0 aliphatic carbocycles. The lowest BCUT2D eigenvalue weighted by Gasteiger charge is -2.10. The van der Waals surface area contributed by atoms with Gasteiger partial charge in [-0.3, -0.25) is 4.57 Å². The fraction of sp³-hybridized carbons (Fsp3) is 0.417. The molecule has 0 radical (unpaired) electrons. The van der Waals surface area contributed by atoms with E-state index in [4.69, 9.17) is 16.3 Å². The van der Waals surface area contributed by atoms with E-state index in [1.807, 2.05) is 12.1 Å². The number of aromatic amines is 1. The van der Waals surface area contributed by atoms with E-state index in [2.05, 4.69) is 4.98 Å². The maximum absolute atomic E-state index is 11.9. The normalized spacial score (nSPS) is 20.2. The number of H-pyrrole nitrogens is 1. The van der Waals surface area contributed by atoms with Gasteiger partial charge in [0.2, 0.25) is 0 Å². The Hall–Kier alpha value is -1.26. The molecule has 1 atom stereocenters. The van der Waals surface area contributed by atoms with E-state index < -0.39 is 0 Å². The van der Waals surface area contributed by atoms with Crippen LogP contribution in [0.3, 0.4) is 0 Å². The van der Waals surface area contributed by atoms with Crippen molar-refractivity contribution in [3.05, 3.63) is 33.7 Å². The summed E-state index contributed by atoms with van der Waals surface area (Å²) in [6.45, 7) is 1.36. The molecule has 5 heteroatoms. The Kier molecular flexibility index (Phi) is 2.68. The van der Waals surface area contributed by atoms with Gasteiger partial charge < -0.3 is 9.72 Å². The van der Waals surface area contributed by atoms with Gasteiger partial charge in [-0.2, -0.15) is 0 Å². The zero-order chi connectivity index (χ0) is 11.8. The summed E-state index contributed by atoms with van der Waals surface area (Å²) in [7, 11) is 0. The number of halogens is 1. The molecule has 1 fully saturated rings. The van der Waals surface area contributed by atoms with Crippen LogP contribution >= 0.6 is 11.6 Å². The summed E-state index contributed by atoms with van der Waals surface area (Å²) in [5, 5.41) is 0.596. The average Bonchev–Trinajstić information content (AvgIpc) is 2.89. The molecule has 1 aromatic carbocycles. The lowest BCUT2D eigenvalue weighted by Crippen LogP contribution is -2.24. The van der Waals surface area contributed by atoms with Gasteiger partial charge in [-0.05, 0) is 25.0 Å². The summed E-state index contributed by atoms with van der Waals surface area (Å²) < 4.78 is 7.23. The highest BCUT2D eigenvalue weighted by atomic mass is 35.5. The molecule has 2 aromatic rings. The molecular formula is C12H13ClN2O2. The number of rotatable bonds is 2. The van der Waals surface area contributed by atoms with Crippen molar-refractivity contribution in [2.75, 3.05) is 6.61 Å². The Morgan fingerprint density at radius 1 is 1.53 bits per heavy atom. The zero-order valence-electron chi connectivity index (χ0n) is 9.28. The topological polar surface area (TPSA) is 47.0 Å². The van der Waals surface area contributed by atoms with E-state index in [1.54, 1.807) is 10.6 Å². The Morgan fingerprint density at radius 2 is 2.41 bits per heavy atom. The number of benzene rings is 1. The number of para-hydroxylation sites is 1. The van der Waals surface area contributed by atoms with E-state index in [-0.39, 0.29) is 11.8 Å². The molecule has 3 rings (SSSR count). The van der Waals surface area contributed by atoms with Gasteiger partial charge in [-0.15, -0.1) is 0 Å². The Morgan fingerprint density at radius 3 is 3.18 bits per heavy atom. The maximum Gasteiger partial charge on any atom is 0.326 e. The van der Waals surface area contributed by atoms with Crippen LogP contribution in [0.4, 0.5) is 0 Å². The molecule has 0 spiro atoms.